The quantitative estimate of drug-likeness (QED) is 0.503. The van der Waals surface area contributed by atoms with E-state index < -0.39 is 10.0 Å². The Balaban J connectivity index is 1.69. The Morgan fingerprint density at radius 3 is 2.32 bits per heavy atom. The van der Waals surface area contributed by atoms with Crippen LogP contribution in [0.25, 0.3) is 0 Å². The Labute approximate surface area is 185 Å². The van der Waals surface area contributed by atoms with Crippen LogP contribution in [0.5, 0.6) is 0 Å². The van der Waals surface area contributed by atoms with E-state index in [0.717, 1.165) is 35.6 Å². The molecule has 10 heteroatoms. The largest absolute Gasteiger partial charge is 0.352 e. The molecule has 1 aromatic heterocycles. The fraction of sp³-hybridized carbons (Fsp3) is 0.524. The summed E-state index contributed by atoms with van der Waals surface area (Å²) in [4.78, 5) is 6.76. The van der Waals surface area contributed by atoms with Gasteiger partial charge >= 0.3 is 0 Å². The molecule has 0 atom stereocenters. The average molecular weight is 448 g/mol. The van der Waals surface area contributed by atoms with Crippen molar-refractivity contribution in [2.45, 2.75) is 31.8 Å². The fourth-order valence-electron chi connectivity index (χ4n) is 3.71. The molecule has 0 amide bonds. The molecule has 9 nitrogen and oxygen atoms in total. The highest BCUT2D eigenvalue weighted by Crippen LogP contribution is 2.21. The highest BCUT2D eigenvalue weighted by atomic mass is 32.2. The number of piperazine rings is 1. The predicted molar refractivity (Wildman–Crippen MR) is 122 cm³/mol. The second-order valence-corrected chi connectivity index (χ2v) is 9.77. The molecule has 2 N–H and O–H groups in total. The minimum absolute atomic E-state index is 0.349. The zero-order chi connectivity index (χ0) is 22.6. The minimum Gasteiger partial charge on any atom is -0.352 e. The molecule has 1 aromatic carbocycles. The zero-order valence-corrected chi connectivity index (χ0v) is 19.8. The van der Waals surface area contributed by atoms with Crippen LogP contribution in [-0.4, -0.2) is 73.6 Å². The number of aryl methyl sites for hydroxylation is 2. The molecular weight excluding hydrogens is 414 g/mol. The van der Waals surface area contributed by atoms with Crippen LogP contribution in [0.1, 0.15) is 22.5 Å². The molecule has 1 aliphatic heterocycles. The molecule has 0 saturated carbocycles. The van der Waals surface area contributed by atoms with Crippen LogP contribution in [0.2, 0.25) is 0 Å². The molecule has 0 radical (unpaired) electrons. The summed E-state index contributed by atoms with van der Waals surface area (Å²) in [7, 11) is 2.10. The van der Waals surface area contributed by atoms with Crippen molar-refractivity contribution in [3.63, 3.8) is 0 Å². The van der Waals surface area contributed by atoms with Gasteiger partial charge in [0.05, 0.1) is 10.6 Å². The number of hydrogen-bond acceptors (Lipinski definition) is 5. The lowest BCUT2D eigenvalue weighted by Crippen LogP contribution is -2.47. The summed E-state index contributed by atoms with van der Waals surface area (Å²) in [5, 5.41) is 11.0. The Hall–Kier alpha value is -2.43. The number of aliphatic imine (C=N–C) groups is 1. The van der Waals surface area contributed by atoms with E-state index in [4.69, 9.17) is 0 Å². The van der Waals surface area contributed by atoms with Crippen molar-refractivity contribution in [2.75, 3.05) is 40.3 Å². The van der Waals surface area contributed by atoms with E-state index in [1.54, 1.807) is 23.5 Å². The lowest BCUT2D eigenvalue weighted by atomic mass is 10.2. The van der Waals surface area contributed by atoms with E-state index in [1.165, 1.54) is 0 Å². The third kappa shape index (κ3) is 5.25. The average Bonchev–Trinajstić information content (AvgIpc) is 3.00. The van der Waals surface area contributed by atoms with Crippen molar-refractivity contribution in [1.29, 1.82) is 0 Å². The number of aromatic nitrogens is 2. The lowest BCUT2D eigenvalue weighted by molar-refractivity contribution is 0.222. The topological polar surface area (TPSA) is 94.9 Å². The van der Waals surface area contributed by atoms with E-state index >= 15 is 0 Å². The maximum atomic E-state index is 13.2. The van der Waals surface area contributed by atoms with Gasteiger partial charge in [-0.2, -0.15) is 9.40 Å². The highest BCUT2D eigenvalue weighted by Gasteiger charge is 2.29. The van der Waals surface area contributed by atoms with Gasteiger partial charge in [0.15, 0.2) is 5.96 Å². The Morgan fingerprint density at radius 2 is 1.71 bits per heavy atom. The lowest BCUT2D eigenvalue weighted by Gasteiger charge is -2.32. The standard InChI is InChI=1S/C21H33N7O2S/c1-16-19(17(2)27(5)25-16)15-24-21(22-3)23-14-18-8-6-7-9-20(18)31(29,30)28-12-10-26(4)11-13-28/h6-9H,10-15H2,1-5H3,(H2,22,23,24). The summed E-state index contributed by atoms with van der Waals surface area (Å²) in [5.41, 5.74) is 3.93. The Bertz CT molecular complexity index is 1040. The zero-order valence-electron chi connectivity index (χ0n) is 19.0. The van der Waals surface area contributed by atoms with Gasteiger partial charge in [0.1, 0.15) is 0 Å². The van der Waals surface area contributed by atoms with Crippen LogP contribution in [-0.2, 0) is 30.2 Å². The number of nitrogens with zero attached hydrogens (tertiary/aromatic N) is 5. The summed E-state index contributed by atoms with van der Waals surface area (Å²) in [6.45, 7) is 7.46. The van der Waals surface area contributed by atoms with Gasteiger partial charge in [-0.05, 0) is 32.5 Å². The predicted octanol–water partition coefficient (Wildman–Crippen LogP) is 0.838. The molecular formula is C21H33N7O2S. The molecule has 2 aromatic rings. The van der Waals surface area contributed by atoms with E-state index in [-0.39, 0.29) is 0 Å². The molecule has 0 spiro atoms. The molecule has 170 valence electrons. The summed E-state index contributed by atoms with van der Waals surface area (Å²) >= 11 is 0. The molecule has 2 heterocycles. The molecule has 1 saturated heterocycles. The SMILES string of the molecule is CN=C(NCc1ccccc1S(=O)(=O)N1CCN(C)CC1)NCc1c(C)nn(C)c1C. The maximum absolute atomic E-state index is 13.2. The first-order valence-electron chi connectivity index (χ1n) is 10.4. The van der Waals surface area contributed by atoms with Gasteiger partial charge in [0, 0.05) is 64.6 Å². The number of sulfonamides is 1. The monoisotopic (exact) mass is 447 g/mol. The summed E-state index contributed by atoms with van der Waals surface area (Å²) in [5.74, 6) is 0.606. The van der Waals surface area contributed by atoms with Crippen LogP contribution in [0, 0.1) is 13.8 Å². The number of guanidine groups is 1. The molecule has 0 unspecified atom stereocenters. The Morgan fingerprint density at radius 1 is 1.06 bits per heavy atom. The van der Waals surface area contributed by atoms with Gasteiger partial charge in [-0.3, -0.25) is 9.67 Å². The van der Waals surface area contributed by atoms with Crippen molar-refractivity contribution in [3.05, 3.63) is 46.8 Å². The van der Waals surface area contributed by atoms with E-state index in [2.05, 4.69) is 25.6 Å². The van der Waals surface area contributed by atoms with Crippen LogP contribution in [0.3, 0.4) is 0 Å². The molecule has 31 heavy (non-hydrogen) atoms. The van der Waals surface area contributed by atoms with Gasteiger partial charge in [0.2, 0.25) is 10.0 Å². The fourth-order valence-corrected chi connectivity index (χ4v) is 5.36. The van der Waals surface area contributed by atoms with E-state index in [1.807, 2.05) is 44.8 Å². The van der Waals surface area contributed by atoms with Crippen molar-refractivity contribution in [3.8, 4) is 0 Å². The molecule has 0 aliphatic carbocycles. The number of likely N-dealkylation sites (N-methyl/N-ethyl adjacent to an activating group) is 1. The van der Waals surface area contributed by atoms with Crippen LogP contribution in [0.15, 0.2) is 34.2 Å². The second kappa shape index (κ2) is 9.80. The number of hydrogen-bond donors (Lipinski definition) is 2. The van der Waals surface area contributed by atoms with Crippen molar-refractivity contribution >= 4 is 16.0 Å². The molecule has 1 aliphatic rings. The third-order valence-electron chi connectivity index (χ3n) is 5.81. The first-order chi connectivity index (χ1) is 14.7. The van der Waals surface area contributed by atoms with Crippen molar-refractivity contribution in [2.24, 2.45) is 12.0 Å². The van der Waals surface area contributed by atoms with Crippen molar-refractivity contribution in [1.82, 2.24) is 29.6 Å². The van der Waals surface area contributed by atoms with Gasteiger partial charge in [-0.25, -0.2) is 8.42 Å². The van der Waals surface area contributed by atoms with Gasteiger partial charge in [-0.15, -0.1) is 0 Å². The number of nitrogens with one attached hydrogen (secondary N) is 2. The molecule has 3 rings (SSSR count). The van der Waals surface area contributed by atoms with E-state index in [0.29, 0.717) is 37.0 Å². The number of rotatable bonds is 6. The summed E-state index contributed by atoms with van der Waals surface area (Å²) in [6, 6.07) is 7.16. The van der Waals surface area contributed by atoms with Gasteiger partial charge in [-0.1, -0.05) is 18.2 Å². The summed E-state index contributed by atoms with van der Waals surface area (Å²) < 4.78 is 29.9. The Kier molecular flexibility index (Phi) is 7.34. The smallest absolute Gasteiger partial charge is 0.243 e. The van der Waals surface area contributed by atoms with Crippen molar-refractivity contribution < 1.29 is 8.42 Å². The third-order valence-corrected chi connectivity index (χ3v) is 7.81. The molecule has 1 fully saturated rings. The minimum atomic E-state index is -3.54. The summed E-state index contributed by atoms with van der Waals surface area (Å²) in [6.07, 6.45) is 0. The first-order valence-corrected chi connectivity index (χ1v) is 11.9. The van der Waals surface area contributed by atoms with Gasteiger partial charge in [0.25, 0.3) is 0 Å². The van der Waals surface area contributed by atoms with Crippen LogP contribution in [0.4, 0.5) is 0 Å². The van der Waals surface area contributed by atoms with E-state index in [9.17, 15) is 8.42 Å². The normalized spacial score (nSPS) is 16.5. The second-order valence-electron chi connectivity index (χ2n) is 7.87. The van der Waals surface area contributed by atoms with Gasteiger partial charge < -0.3 is 15.5 Å². The molecule has 0 bridgehead atoms. The van der Waals surface area contributed by atoms with Crippen LogP contribution < -0.4 is 10.6 Å². The maximum Gasteiger partial charge on any atom is 0.243 e. The van der Waals surface area contributed by atoms with Crippen LogP contribution >= 0.6 is 0 Å². The highest BCUT2D eigenvalue weighted by molar-refractivity contribution is 7.89. The number of benzene rings is 1. The first kappa shape index (κ1) is 23.2.